The zero-order valence-corrected chi connectivity index (χ0v) is 19.0. The molecule has 0 unspecified atom stereocenters. The van der Waals surface area contributed by atoms with E-state index in [1.807, 2.05) is 4.57 Å². The van der Waals surface area contributed by atoms with Crippen LogP contribution in [-0.4, -0.2) is 52.1 Å². The first-order chi connectivity index (χ1) is 14.4. The molecule has 1 aliphatic rings. The molecule has 0 amide bonds. The number of fused-ring (bicyclic) bond motifs is 1. The van der Waals surface area contributed by atoms with Crippen LogP contribution in [0, 0.1) is 11.7 Å². The summed E-state index contributed by atoms with van der Waals surface area (Å²) in [5.74, 6) is 0.947. The Hall–Kier alpha value is -1.79. The van der Waals surface area contributed by atoms with Crippen molar-refractivity contribution in [3.05, 3.63) is 40.2 Å². The van der Waals surface area contributed by atoms with Gasteiger partial charge in [-0.1, -0.05) is 34.1 Å². The van der Waals surface area contributed by atoms with E-state index in [-0.39, 0.29) is 17.4 Å². The van der Waals surface area contributed by atoms with Crippen LogP contribution >= 0.6 is 0 Å². The summed E-state index contributed by atoms with van der Waals surface area (Å²) in [6.45, 7) is 14.6. The van der Waals surface area contributed by atoms with Crippen LogP contribution in [-0.2, 0) is 6.54 Å². The Morgan fingerprint density at radius 3 is 2.60 bits per heavy atom. The van der Waals surface area contributed by atoms with Crippen molar-refractivity contribution < 1.29 is 4.39 Å². The number of hydrogen-bond donors (Lipinski definition) is 0. The van der Waals surface area contributed by atoms with Gasteiger partial charge in [-0.05, 0) is 56.5 Å². The minimum atomic E-state index is -0.387. The summed E-state index contributed by atoms with van der Waals surface area (Å²) in [6, 6.07) is 4.49. The average molecular weight is 417 g/mol. The van der Waals surface area contributed by atoms with Crippen molar-refractivity contribution in [2.45, 2.75) is 66.0 Å². The van der Waals surface area contributed by atoms with Crippen molar-refractivity contribution in [3.63, 3.8) is 0 Å². The summed E-state index contributed by atoms with van der Waals surface area (Å²) in [6.07, 6.45) is 4.02. The van der Waals surface area contributed by atoms with Crippen molar-refractivity contribution in [3.8, 4) is 0 Å². The Balaban J connectivity index is 2.07. The first-order valence-electron chi connectivity index (χ1n) is 11.6. The Kier molecular flexibility index (Phi) is 8.00. The predicted octanol–water partition coefficient (Wildman–Crippen LogP) is 4.45. The van der Waals surface area contributed by atoms with E-state index in [0.29, 0.717) is 23.4 Å². The molecule has 1 aliphatic heterocycles. The predicted molar refractivity (Wildman–Crippen MR) is 121 cm³/mol. The molecule has 0 spiro atoms. The number of benzene rings is 1. The molecule has 2 aromatic rings. The van der Waals surface area contributed by atoms with Crippen LogP contribution in [0.5, 0.6) is 0 Å². The van der Waals surface area contributed by atoms with Crippen LogP contribution in [0.4, 0.5) is 4.39 Å². The summed E-state index contributed by atoms with van der Waals surface area (Å²) in [7, 11) is 0. The van der Waals surface area contributed by atoms with Gasteiger partial charge in [-0.2, -0.15) is 0 Å². The van der Waals surface area contributed by atoms with Crippen LogP contribution in [0.2, 0.25) is 0 Å². The molecule has 0 radical (unpaired) electrons. The van der Waals surface area contributed by atoms with Crippen LogP contribution in [0.3, 0.4) is 0 Å². The lowest BCUT2D eigenvalue weighted by Crippen LogP contribution is -2.38. The van der Waals surface area contributed by atoms with Gasteiger partial charge in [0, 0.05) is 26.2 Å². The molecular weight excluding hydrogens is 379 g/mol. The van der Waals surface area contributed by atoms with Crippen LogP contribution < -0.4 is 5.56 Å². The first-order valence-corrected chi connectivity index (χ1v) is 11.6. The molecule has 0 aliphatic carbocycles. The molecule has 1 aromatic carbocycles. The molecule has 6 heteroatoms. The lowest BCUT2D eigenvalue weighted by Gasteiger charge is -2.32. The van der Waals surface area contributed by atoms with E-state index >= 15 is 0 Å². The van der Waals surface area contributed by atoms with E-state index in [9.17, 15) is 9.18 Å². The summed E-state index contributed by atoms with van der Waals surface area (Å²) in [4.78, 5) is 23.4. The third-order valence-corrected chi connectivity index (χ3v) is 6.25. The van der Waals surface area contributed by atoms with Gasteiger partial charge < -0.3 is 4.90 Å². The molecule has 1 saturated heterocycles. The number of rotatable bonds is 8. The Labute approximate surface area is 179 Å². The quantitative estimate of drug-likeness (QED) is 0.638. The van der Waals surface area contributed by atoms with E-state index in [1.165, 1.54) is 12.1 Å². The zero-order chi connectivity index (χ0) is 21.7. The van der Waals surface area contributed by atoms with Gasteiger partial charge in [-0.3, -0.25) is 14.3 Å². The highest BCUT2D eigenvalue weighted by Gasteiger charge is 2.27. The van der Waals surface area contributed by atoms with Crippen molar-refractivity contribution in [2.75, 3.05) is 32.7 Å². The standard InChI is InChI=1S/C24H37FN4O/c1-5-8-22(28-13-7-12-27(6-2)15-16-28)23-26-21-10-9-19(25)17-20(21)24(30)29(23)14-11-18(3)4/h9-10,17-18,22H,5-8,11-16H2,1-4H3/t22-/m1/s1. The highest BCUT2D eigenvalue weighted by Crippen LogP contribution is 2.27. The highest BCUT2D eigenvalue weighted by molar-refractivity contribution is 5.77. The van der Waals surface area contributed by atoms with Crippen LogP contribution in [0.25, 0.3) is 10.9 Å². The number of aromatic nitrogens is 2. The number of nitrogens with zero attached hydrogens (tertiary/aromatic N) is 4. The normalized spacial score (nSPS) is 17.5. The fourth-order valence-electron chi connectivity index (χ4n) is 4.44. The third-order valence-electron chi connectivity index (χ3n) is 6.25. The van der Waals surface area contributed by atoms with Crippen LogP contribution in [0.15, 0.2) is 23.0 Å². The van der Waals surface area contributed by atoms with Gasteiger partial charge in [0.2, 0.25) is 0 Å². The topological polar surface area (TPSA) is 41.4 Å². The van der Waals surface area contributed by atoms with Gasteiger partial charge in [-0.15, -0.1) is 0 Å². The molecule has 1 atom stereocenters. The monoisotopic (exact) mass is 416 g/mol. The largest absolute Gasteiger partial charge is 0.302 e. The number of halogens is 1. The van der Waals surface area contributed by atoms with Crippen LogP contribution in [0.1, 0.15) is 65.2 Å². The summed E-state index contributed by atoms with van der Waals surface area (Å²) in [5, 5.41) is 0.380. The van der Waals surface area contributed by atoms with Gasteiger partial charge in [0.15, 0.2) is 0 Å². The van der Waals surface area contributed by atoms with Gasteiger partial charge in [0.05, 0.1) is 16.9 Å². The molecule has 30 heavy (non-hydrogen) atoms. The second-order valence-corrected chi connectivity index (χ2v) is 8.90. The van der Waals surface area contributed by atoms with Crippen molar-refractivity contribution in [1.82, 2.24) is 19.4 Å². The maximum Gasteiger partial charge on any atom is 0.261 e. The first kappa shape index (κ1) is 22.9. The molecule has 0 saturated carbocycles. The third kappa shape index (κ3) is 5.27. The van der Waals surface area contributed by atoms with Gasteiger partial charge in [-0.25, -0.2) is 9.37 Å². The molecule has 166 valence electrons. The molecule has 2 heterocycles. The summed E-state index contributed by atoms with van der Waals surface area (Å²) >= 11 is 0. The van der Waals surface area contributed by atoms with Crippen molar-refractivity contribution >= 4 is 10.9 Å². The van der Waals surface area contributed by atoms with Crippen molar-refractivity contribution in [2.24, 2.45) is 5.92 Å². The lowest BCUT2D eigenvalue weighted by atomic mass is 10.1. The fraction of sp³-hybridized carbons (Fsp3) is 0.667. The molecular formula is C24H37FN4O. The average Bonchev–Trinajstić information content (AvgIpc) is 2.97. The maximum atomic E-state index is 13.9. The lowest BCUT2D eigenvalue weighted by molar-refractivity contribution is 0.177. The minimum absolute atomic E-state index is 0.110. The highest BCUT2D eigenvalue weighted by atomic mass is 19.1. The number of likely N-dealkylation sites (N-methyl/N-ethyl adjacent to an activating group) is 1. The maximum absolute atomic E-state index is 13.9. The fourth-order valence-corrected chi connectivity index (χ4v) is 4.44. The number of hydrogen-bond acceptors (Lipinski definition) is 4. The van der Waals surface area contributed by atoms with E-state index in [2.05, 4.69) is 37.5 Å². The van der Waals surface area contributed by atoms with E-state index in [0.717, 1.165) is 64.2 Å². The second kappa shape index (κ2) is 10.5. The Bertz CT molecular complexity index is 895. The Morgan fingerprint density at radius 2 is 1.90 bits per heavy atom. The van der Waals surface area contributed by atoms with Gasteiger partial charge >= 0.3 is 0 Å². The zero-order valence-electron chi connectivity index (χ0n) is 19.0. The van der Waals surface area contributed by atoms with Crippen molar-refractivity contribution in [1.29, 1.82) is 0 Å². The van der Waals surface area contributed by atoms with E-state index < -0.39 is 0 Å². The molecule has 3 rings (SSSR count). The molecule has 1 aromatic heterocycles. The molecule has 1 fully saturated rings. The van der Waals surface area contributed by atoms with E-state index in [1.54, 1.807) is 6.07 Å². The van der Waals surface area contributed by atoms with E-state index in [4.69, 9.17) is 4.98 Å². The second-order valence-electron chi connectivity index (χ2n) is 8.90. The van der Waals surface area contributed by atoms with Gasteiger partial charge in [0.1, 0.15) is 11.6 Å². The molecule has 0 bridgehead atoms. The smallest absolute Gasteiger partial charge is 0.261 e. The molecule has 5 nitrogen and oxygen atoms in total. The van der Waals surface area contributed by atoms with Gasteiger partial charge in [0.25, 0.3) is 5.56 Å². The Morgan fingerprint density at radius 1 is 1.10 bits per heavy atom. The molecule has 0 N–H and O–H groups in total. The summed E-state index contributed by atoms with van der Waals surface area (Å²) in [5.41, 5.74) is 0.490. The SMILES string of the molecule is CCC[C@H](c1nc2ccc(F)cc2c(=O)n1CCC(C)C)N1CCCN(CC)CC1. The minimum Gasteiger partial charge on any atom is -0.302 e. The summed E-state index contributed by atoms with van der Waals surface area (Å²) < 4.78 is 15.7.